The van der Waals surface area contributed by atoms with E-state index in [0.717, 1.165) is 26.8 Å². The van der Waals surface area contributed by atoms with Gasteiger partial charge in [0, 0.05) is 22.0 Å². The molecule has 3 rings (SSSR count). The monoisotopic (exact) mass is 501 g/mol. The minimum absolute atomic E-state index is 0.0759. The first-order valence-electron chi connectivity index (χ1n) is 9.84. The number of carbonyl (C=O) groups is 2. The Morgan fingerprint density at radius 3 is 2.45 bits per heavy atom. The smallest absolute Gasteiger partial charge is 0.341 e. The third-order valence-corrected chi connectivity index (χ3v) is 7.20. The van der Waals surface area contributed by atoms with E-state index in [1.54, 1.807) is 12.1 Å². The molecule has 0 aliphatic carbocycles. The number of esters is 1. The number of hydrogen-bond donors (Lipinski definition) is 1. The summed E-state index contributed by atoms with van der Waals surface area (Å²) in [7, 11) is 1.35. The van der Waals surface area contributed by atoms with Gasteiger partial charge in [0.2, 0.25) is 0 Å². The van der Waals surface area contributed by atoms with Gasteiger partial charge in [0.15, 0.2) is 0 Å². The average molecular weight is 502 g/mol. The van der Waals surface area contributed by atoms with Gasteiger partial charge in [-0.3, -0.25) is 4.79 Å². The van der Waals surface area contributed by atoms with Crippen LogP contribution in [0, 0.1) is 39.0 Å². The second kappa shape index (κ2) is 9.84. The summed E-state index contributed by atoms with van der Waals surface area (Å²) in [5.74, 6) is -0.978. The second-order valence-electron chi connectivity index (χ2n) is 7.37. The van der Waals surface area contributed by atoms with Crippen LogP contribution >= 0.6 is 34.5 Å². The molecule has 0 fully saturated rings. The van der Waals surface area contributed by atoms with E-state index in [-0.39, 0.29) is 5.57 Å². The molecule has 170 valence electrons. The summed E-state index contributed by atoms with van der Waals surface area (Å²) in [5, 5.41) is 13.7. The van der Waals surface area contributed by atoms with E-state index < -0.39 is 11.9 Å². The largest absolute Gasteiger partial charge is 0.465 e. The van der Waals surface area contributed by atoms with Crippen molar-refractivity contribution in [1.29, 1.82) is 5.26 Å². The van der Waals surface area contributed by atoms with Gasteiger partial charge in [0.05, 0.1) is 22.7 Å². The topological polar surface area (TPSA) is 84.1 Å². The molecule has 1 N–H and O–H groups in total. The fraction of sp³-hybridized carbons (Fsp3) is 0.208. The van der Waals surface area contributed by atoms with Gasteiger partial charge in [-0.25, -0.2) is 4.79 Å². The molecule has 2 heterocycles. The molecule has 9 heteroatoms. The summed E-state index contributed by atoms with van der Waals surface area (Å²) in [6.45, 7) is 7.61. The minimum Gasteiger partial charge on any atom is -0.465 e. The van der Waals surface area contributed by atoms with E-state index >= 15 is 0 Å². The van der Waals surface area contributed by atoms with E-state index in [4.69, 9.17) is 27.9 Å². The lowest BCUT2D eigenvalue weighted by Crippen LogP contribution is -2.13. The lowest BCUT2D eigenvalue weighted by Gasteiger charge is -2.10. The molecule has 0 aliphatic heterocycles. The lowest BCUT2D eigenvalue weighted by atomic mass is 10.1. The van der Waals surface area contributed by atoms with Crippen molar-refractivity contribution in [1.82, 2.24) is 4.57 Å². The molecular formula is C24H21Cl2N3O3S. The maximum Gasteiger partial charge on any atom is 0.341 e. The maximum atomic E-state index is 12.7. The highest BCUT2D eigenvalue weighted by atomic mass is 35.5. The first-order valence-corrected chi connectivity index (χ1v) is 11.4. The van der Waals surface area contributed by atoms with E-state index in [9.17, 15) is 14.9 Å². The number of thiophene rings is 1. The van der Waals surface area contributed by atoms with Gasteiger partial charge in [-0.15, -0.1) is 11.3 Å². The highest BCUT2D eigenvalue weighted by Gasteiger charge is 2.24. The third-order valence-electron chi connectivity index (χ3n) is 5.27. The van der Waals surface area contributed by atoms with Crippen LogP contribution in [0.4, 0.5) is 5.69 Å². The maximum absolute atomic E-state index is 12.7. The summed E-state index contributed by atoms with van der Waals surface area (Å²) < 4.78 is 6.93. The number of methoxy groups -OCH3 is 1. The van der Waals surface area contributed by atoms with Gasteiger partial charge in [-0.1, -0.05) is 23.2 Å². The third kappa shape index (κ3) is 4.83. The van der Waals surface area contributed by atoms with E-state index in [1.807, 2.05) is 44.4 Å². The number of nitrogens with zero attached hydrogens (tertiary/aromatic N) is 2. The van der Waals surface area contributed by atoms with Crippen molar-refractivity contribution in [2.75, 3.05) is 12.4 Å². The van der Waals surface area contributed by atoms with Crippen LogP contribution in [0.1, 0.15) is 37.7 Å². The highest BCUT2D eigenvalue weighted by molar-refractivity contribution is 7.15. The quantitative estimate of drug-likeness (QED) is 0.248. The first kappa shape index (κ1) is 24.6. The number of benzene rings is 1. The van der Waals surface area contributed by atoms with E-state index in [2.05, 4.69) is 5.32 Å². The normalized spacial score (nSPS) is 11.3. The summed E-state index contributed by atoms with van der Waals surface area (Å²) in [6, 6.07) is 8.49. The SMILES string of the molecule is COC(=O)c1c(-n2c(C)cc(/C=C(\C#N)C(=O)Nc3ccc(Cl)c(Cl)c3)c2C)sc(C)c1C. The van der Waals surface area contributed by atoms with E-state index in [0.29, 0.717) is 26.9 Å². The van der Waals surface area contributed by atoms with Crippen molar-refractivity contribution in [3.05, 3.63) is 72.8 Å². The second-order valence-corrected chi connectivity index (χ2v) is 9.39. The van der Waals surface area contributed by atoms with Crippen LogP contribution in [0.3, 0.4) is 0 Å². The Hall–Kier alpha value is -3.05. The van der Waals surface area contributed by atoms with Gasteiger partial charge in [0.1, 0.15) is 16.6 Å². The summed E-state index contributed by atoms with van der Waals surface area (Å²) in [5.41, 5.74) is 4.05. The number of anilines is 1. The molecule has 33 heavy (non-hydrogen) atoms. The van der Waals surface area contributed by atoms with Crippen LogP contribution in [-0.2, 0) is 9.53 Å². The molecule has 0 bridgehead atoms. The first-order chi connectivity index (χ1) is 15.6. The van der Waals surface area contributed by atoms with Gasteiger partial charge < -0.3 is 14.6 Å². The highest BCUT2D eigenvalue weighted by Crippen LogP contribution is 2.35. The van der Waals surface area contributed by atoms with E-state index in [1.165, 1.54) is 30.6 Å². The molecule has 2 aromatic heterocycles. The zero-order valence-electron chi connectivity index (χ0n) is 18.7. The van der Waals surface area contributed by atoms with Crippen molar-refractivity contribution in [2.24, 2.45) is 0 Å². The molecule has 0 unspecified atom stereocenters. The average Bonchev–Trinajstić information content (AvgIpc) is 3.22. The number of carbonyl (C=O) groups excluding carboxylic acids is 2. The molecule has 0 aliphatic rings. The van der Waals surface area contributed by atoms with Crippen molar-refractivity contribution in [2.45, 2.75) is 27.7 Å². The zero-order chi connectivity index (χ0) is 24.4. The van der Waals surface area contributed by atoms with Gasteiger partial charge in [-0.2, -0.15) is 5.26 Å². The fourth-order valence-electron chi connectivity index (χ4n) is 3.43. The zero-order valence-corrected chi connectivity index (χ0v) is 21.0. The van der Waals surface area contributed by atoms with Crippen LogP contribution < -0.4 is 5.32 Å². The van der Waals surface area contributed by atoms with Crippen LogP contribution in [-0.4, -0.2) is 23.6 Å². The van der Waals surface area contributed by atoms with Gasteiger partial charge in [0.25, 0.3) is 5.91 Å². The summed E-state index contributed by atoms with van der Waals surface area (Å²) in [6.07, 6.45) is 1.52. The van der Waals surface area contributed by atoms with Crippen LogP contribution in [0.5, 0.6) is 0 Å². The summed E-state index contributed by atoms with van der Waals surface area (Å²) >= 11 is 13.4. The Labute approximate surface area is 206 Å². The molecular weight excluding hydrogens is 481 g/mol. The number of nitrogens with one attached hydrogen (secondary N) is 1. The Kier molecular flexibility index (Phi) is 7.33. The van der Waals surface area contributed by atoms with Crippen LogP contribution in [0.25, 0.3) is 11.1 Å². The predicted octanol–water partition coefficient (Wildman–Crippen LogP) is 6.41. The summed E-state index contributed by atoms with van der Waals surface area (Å²) in [4.78, 5) is 26.2. The molecule has 0 saturated carbocycles. The Bertz CT molecular complexity index is 1350. The Morgan fingerprint density at radius 2 is 1.85 bits per heavy atom. The van der Waals surface area contributed by atoms with Crippen molar-refractivity contribution in [3.8, 4) is 11.1 Å². The van der Waals surface area contributed by atoms with Gasteiger partial charge >= 0.3 is 5.97 Å². The van der Waals surface area contributed by atoms with Crippen molar-refractivity contribution >= 4 is 58.2 Å². The van der Waals surface area contributed by atoms with Gasteiger partial charge in [-0.05, 0) is 69.2 Å². The molecule has 6 nitrogen and oxygen atoms in total. The number of aromatic nitrogens is 1. The van der Waals surface area contributed by atoms with Crippen LogP contribution in [0.2, 0.25) is 10.0 Å². The fourth-order valence-corrected chi connectivity index (χ4v) is 4.99. The molecule has 0 spiro atoms. The number of nitriles is 1. The molecule has 3 aromatic rings. The number of halogens is 2. The number of hydrogen-bond acceptors (Lipinski definition) is 5. The molecule has 1 amide bonds. The number of rotatable bonds is 5. The standard InChI is InChI=1S/C24H21Cl2N3O3S/c1-12-8-16(9-17(11-27)22(30)28-18-6-7-19(25)20(26)10-18)14(3)29(12)23-21(24(31)32-5)13(2)15(4)33-23/h6-10H,1-5H3,(H,28,30)/b17-9+. The lowest BCUT2D eigenvalue weighted by molar-refractivity contribution is -0.112. The molecule has 1 aromatic carbocycles. The predicted molar refractivity (Wildman–Crippen MR) is 133 cm³/mol. The number of aryl methyl sites for hydroxylation is 2. The molecule has 0 saturated heterocycles. The number of ether oxygens (including phenoxy) is 1. The Morgan fingerprint density at radius 1 is 1.15 bits per heavy atom. The molecule has 0 atom stereocenters. The Balaban J connectivity index is 2.02. The molecule has 0 radical (unpaired) electrons. The van der Waals surface area contributed by atoms with Crippen molar-refractivity contribution in [3.63, 3.8) is 0 Å². The van der Waals surface area contributed by atoms with Crippen molar-refractivity contribution < 1.29 is 14.3 Å². The minimum atomic E-state index is -0.571. The van der Waals surface area contributed by atoms with Crippen LogP contribution in [0.15, 0.2) is 29.8 Å². The number of amides is 1.